The molecule has 0 aromatic rings. The first kappa shape index (κ1) is 15.4. The number of carbonyl (C=O) groups excluding carboxylic acids is 1. The second kappa shape index (κ2) is 6.53. The Labute approximate surface area is 111 Å². The second-order valence-corrected chi connectivity index (χ2v) is 6.01. The molecule has 0 amide bonds. The summed E-state index contributed by atoms with van der Waals surface area (Å²) in [5.41, 5.74) is 6.02. The highest BCUT2D eigenvalue weighted by molar-refractivity contribution is 5.72. The number of esters is 1. The molecule has 4 heteroatoms. The highest BCUT2D eigenvalue weighted by atomic mass is 16.5. The van der Waals surface area contributed by atoms with Crippen LogP contribution in [0.5, 0.6) is 0 Å². The molecule has 0 saturated carbocycles. The van der Waals surface area contributed by atoms with Crippen molar-refractivity contribution >= 4 is 5.97 Å². The summed E-state index contributed by atoms with van der Waals surface area (Å²) in [6.07, 6.45) is 2.79. The fraction of sp³-hybridized carbons (Fsp3) is 0.929. The molecule has 1 unspecified atom stereocenters. The third-order valence-corrected chi connectivity index (χ3v) is 3.79. The number of hydrogen-bond donors (Lipinski definition) is 1. The number of likely N-dealkylation sites (tertiary alicyclic amines) is 1. The van der Waals surface area contributed by atoms with Crippen LogP contribution in [0.25, 0.3) is 0 Å². The fourth-order valence-electron chi connectivity index (χ4n) is 2.90. The molecule has 1 aliphatic heterocycles. The van der Waals surface area contributed by atoms with E-state index in [1.165, 1.54) is 0 Å². The van der Waals surface area contributed by atoms with Crippen molar-refractivity contribution in [1.29, 1.82) is 0 Å². The number of rotatable bonds is 5. The van der Waals surface area contributed by atoms with Gasteiger partial charge in [-0.05, 0) is 60.0 Å². The third kappa shape index (κ3) is 4.25. The molecule has 18 heavy (non-hydrogen) atoms. The first-order valence-electron chi connectivity index (χ1n) is 7.04. The summed E-state index contributed by atoms with van der Waals surface area (Å²) in [4.78, 5) is 14.1. The highest BCUT2D eigenvalue weighted by Crippen LogP contribution is 2.27. The first-order valence-corrected chi connectivity index (χ1v) is 7.04. The van der Waals surface area contributed by atoms with Crippen molar-refractivity contribution in [3.05, 3.63) is 0 Å². The van der Waals surface area contributed by atoms with Gasteiger partial charge in [-0.2, -0.15) is 0 Å². The lowest BCUT2D eigenvalue weighted by Gasteiger charge is -2.43. The summed E-state index contributed by atoms with van der Waals surface area (Å²) in [6.45, 7) is 10.8. The van der Waals surface area contributed by atoms with Crippen molar-refractivity contribution in [1.82, 2.24) is 4.90 Å². The van der Waals surface area contributed by atoms with Gasteiger partial charge in [-0.1, -0.05) is 0 Å². The molecule has 0 aromatic heterocycles. The maximum Gasteiger partial charge on any atom is 0.309 e. The molecule has 0 spiro atoms. The van der Waals surface area contributed by atoms with E-state index in [2.05, 4.69) is 18.7 Å². The van der Waals surface area contributed by atoms with Crippen LogP contribution < -0.4 is 5.73 Å². The molecule has 1 fully saturated rings. The topological polar surface area (TPSA) is 55.6 Å². The Balaban J connectivity index is 2.45. The quantitative estimate of drug-likeness (QED) is 0.762. The van der Waals surface area contributed by atoms with E-state index in [-0.39, 0.29) is 23.5 Å². The minimum absolute atomic E-state index is 0.0258. The molecule has 0 aromatic carbocycles. The zero-order valence-corrected chi connectivity index (χ0v) is 12.2. The number of piperidine rings is 1. The van der Waals surface area contributed by atoms with E-state index in [9.17, 15) is 4.79 Å². The van der Waals surface area contributed by atoms with Gasteiger partial charge in [0.15, 0.2) is 0 Å². The molecule has 106 valence electrons. The standard InChI is InChI=1S/C14H28N2O2/c1-5-18-13(17)12-6-8-16(9-7-12)14(3,4)10-11(2)15/h11-12H,5-10,15H2,1-4H3. The van der Waals surface area contributed by atoms with Gasteiger partial charge in [0.25, 0.3) is 0 Å². The minimum atomic E-state index is -0.0258. The average Bonchev–Trinajstić information content (AvgIpc) is 2.28. The van der Waals surface area contributed by atoms with E-state index >= 15 is 0 Å². The van der Waals surface area contributed by atoms with E-state index in [4.69, 9.17) is 10.5 Å². The van der Waals surface area contributed by atoms with Crippen molar-refractivity contribution in [2.24, 2.45) is 11.7 Å². The Morgan fingerprint density at radius 2 is 2.00 bits per heavy atom. The minimum Gasteiger partial charge on any atom is -0.466 e. The summed E-state index contributed by atoms with van der Waals surface area (Å²) in [5, 5.41) is 0. The predicted molar refractivity (Wildman–Crippen MR) is 73.3 cm³/mol. The first-order chi connectivity index (χ1) is 8.36. The molecular weight excluding hydrogens is 228 g/mol. The number of ether oxygens (including phenoxy) is 1. The summed E-state index contributed by atoms with van der Waals surface area (Å²) < 4.78 is 5.09. The molecule has 0 aliphatic carbocycles. The van der Waals surface area contributed by atoms with Crippen LogP contribution in [0.15, 0.2) is 0 Å². The predicted octanol–water partition coefficient (Wildman–Crippen LogP) is 1.78. The Hall–Kier alpha value is -0.610. The second-order valence-electron chi connectivity index (χ2n) is 6.01. The molecule has 0 radical (unpaired) electrons. The van der Waals surface area contributed by atoms with Gasteiger partial charge >= 0.3 is 5.97 Å². The number of nitrogens with two attached hydrogens (primary N) is 1. The zero-order valence-electron chi connectivity index (χ0n) is 12.2. The zero-order chi connectivity index (χ0) is 13.8. The van der Waals surface area contributed by atoms with E-state index in [1.807, 2.05) is 13.8 Å². The summed E-state index contributed by atoms with van der Waals surface area (Å²) in [6, 6.07) is 0.211. The van der Waals surface area contributed by atoms with Crippen LogP contribution in [0.1, 0.15) is 47.0 Å². The molecular formula is C14H28N2O2. The van der Waals surface area contributed by atoms with Crippen LogP contribution in [-0.4, -0.2) is 42.1 Å². The Morgan fingerprint density at radius 1 is 1.44 bits per heavy atom. The average molecular weight is 256 g/mol. The van der Waals surface area contributed by atoms with Crippen LogP contribution in [0, 0.1) is 5.92 Å². The smallest absolute Gasteiger partial charge is 0.309 e. The molecule has 1 heterocycles. The van der Waals surface area contributed by atoms with Crippen molar-refractivity contribution in [3.63, 3.8) is 0 Å². The van der Waals surface area contributed by atoms with Crippen LogP contribution in [-0.2, 0) is 9.53 Å². The Morgan fingerprint density at radius 3 is 2.44 bits per heavy atom. The molecule has 2 N–H and O–H groups in total. The molecule has 4 nitrogen and oxygen atoms in total. The normalized spacial score (nSPS) is 20.7. The molecule has 0 bridgehead atoms. The molecule has 1 rings (SSSR count). The van der Waals surface area contributed by atoms with E-state index in [1.54, 1.807) is 0 Å². The van der Waals surface area contributed by atoms with Gasteiger partial charge < -0.3 is 10.5 Å². The Kier molecular flexibility index (Phi) is 5.60. The lowest BCUT2D eigenvalue weighted by Crippen LogP contribution is -2.51. The summed E-state index contributed by atoms with van der Waals surface area (Å²) in [5.74, 6) is 0.0643. The van der Waals surface area contributed by atoms with Gasteiger partial charge in [-0.15, -0.1) is 0 Å². The van der Waals surface area contributed by atoms with Crippen LogP contribution in [0.3, 0.4) is 0 Å². The lowest BCUT2D eigenvalue weighted by atomic mass is 9.89. The third-order valence-electron chi connectivity index (χ3n) is 3.79. The van der Waals surface area contributed by atoms with Gasteiger partial charge in [0.2, 0.25) is 0 Å². The fourth-order valence-corrected chi connectivity index (χ4v) is 2.90. The highest BCUT2D eigenvalue weighted by Gasteiger charge is 2.33. The van der Waals surface area contributed by atoms with Crippen molar-refractivity contribution in [2.75, 3.05) is 19.7 Å². The van der Waals surface area contributed by atoms with Crippen molar-refractivity contribution < 1.29 is 9.53 Å². The van der Waals surface area contributed by atoms with E-state index < -0.39 is 0 Å². The van der Waals surface area contributed by atoms with E-state index in [0.717, 1.165) is 32.4 Å². The van der Waals surface area contributed by atoms with Crippen LogP contribution >= 0.6 is 0 Å². The lowest BCUT2D eigenvalue weighted by molar-refractivity contribution is -0.150. The van der Waals surface area contributed by atoms with Crippen LogP contribution in [0.4, 0.5) is 0 Å². The number of carbonyl (C=O) groups is 1. The van der Waals surface area contributed by atoms with E-state index in [0.29, 0.717) is 6.61 Å². The maximum absolute atomic E-state index is 11.7. The van der Waals surface area contributed by atoms with Gasteiger partial charge in [0.1, 0.15) is 0 Å². The SMILES string of the molecule is CCOC(=O)C1CCN(C(C)(C)CC(C)N)CC1. The van der Waals surface area contributed by atoms with Gasteiger partial charge in [0, 0.05) is 11.6 Å². The van der Waals surface area contributed by atoms with Crippen molar-refractivity contribution in [3.8, 4) is 0 Å². The summed E-state index contributed by atoms with van der Waals surface area (Å²) >= 11 is 0. The van der Waals surface area contributed by atoms with Gasteiger partial charge in [-0.25, -0.2) is 0 Å². The number of hydrogen-bond acceptors (Lipinski definition) is 4. The maximum atomic E-state index is 11.7. The molecule has 1 saturated heterocycles. The largest absolute Gasteiger partial charge is 0.466 e. The Bertz CT molecular complexity index is 269. The van der Waals surface area contributed by atoms with Gasteiger partial charge in [-0.3, -0.25) is 9.69 Å². The molecule has 1 atom stereocenters. The number of nitrogens with zero attached hydrogens (tertiary/aromatic N) is 1. The summed E-state index contributed by atoms with van der Waals surface area (Å²) in [7, 11) is 0. The van der Waals surface area contributed by atoms with Crippen LogP contribution in [0.2, 0.25) is 0 Å². The van der Waals surface area contributed by atoms with Gasteiger partial charge in [0.05, 0.1) is 12.5 Å². The molecule has 1 aliphatic rings. The van der Waals surface area contributed by atoms with Crippen molar-refractivity contribution in [2.45, 2.75) is 58.5 Å². The monoisotopic (exact) mass is 256 g/mol.